The van der Waals surface area contributed by atoms with Crippen molar-refractivity contribution in [3.05, 3.63) is 83.4 Å². The maximum Gasteiger partial charge on any atom is 0.272 e. The summed E-state index contributed by atoms with van der Waals surface area (Å²) in [5.74, 6) is -0.808. The zero-order chi connectivity index (χ0) is 38.8. The molecule has 1 aromatic heterocycles. The fraction of sp³-hybridized carbons (Fsp3) is 0.475. The van der Waals surface area contributed by atoms with E-state index in [9.17, 15) is 24.0 Å². The summed E-state index contributed by atoms with van der Waals surface area (Å²) in [6.45, 7) is 7.87. The molecule has 2 aliphatic heterocycles. The van der Waals surface area contributed by atoms with Gasteiger partial charge in [-0.2, -0.15) is 0 Å². The Morgan fingerprint density at radius 1 is 0.963 bits per heavy atom. The number of aryl methyl sites for hydroxylation is 1. The van der Waals surface area contributed by atoms with Crippen LogP contribution in [0, 0.1) is 18.8 Å². The van der Waals surface area contributed by atoms with Gasteiger partial charge in [-0.05, 0) is 80.3 Å². The lowest BCUT2D eigenvalue weighted by atomic mass is 10.0. The molecule has 2 aromatic carbocycles. The van der Waals surface area contributed by atoms with Gasteiger partial charge in [-0.15, -0.1) is 0 Å². The van der Waals surface area contributed by atoms with E-state index in [2.05, 4.69) is 45.1 Å². The Morgan fingerprint density at radius 3 is 2.31 bits per heavy atom. The summed E-state index contributed by atoms with van der Waals surface area (Å²) < 4.78 is 11.4. The average molecular weight is 742 g/mol. The van der Waals surface area contributed by atoms with Crippen molar-refractivity contribution in [2.75, 3.05) is 26.8 Å². The van der Waals surface area contributed by atoms with Gasteiger partial charge in [0.05, 0.1) is 31.6 Å². The van der Waals surface area contributed by atoms with Crippen molar-refractivity contribution >= 4 is 29.5 Å². The van der Waals surface area contributed by atoms with Crippen LogP contribution in [0.25, 0.3) is 0 Å². The van der Waals surface area contributed by atoms with Gasteiger partial charge >= 0.3 is 0 Å². The van der Waals surface area contributed by atoms with Crippen molar-refractivity contribution in [3.63, 3.8) is 0 Å². The van der Waals surface area contributed by atoms with Crippen LogP contribution < -0.4 is 30.7 Å². The highest BCUT2D eigenvalue weighted by Crippen LogP contribution is 2.30. The lowest BCUT2D eigenvalue weighted by Gasteiger charge is -2.29. The Hall–Kier alpha value is -5.53. The smallest absolute Gasteiger partial charge is 0.272 e. The second kappa shape index (κ2) is 18.5. The third kappa shape index (κ3) is 11.7. The number of hydrogen-bond acceptors (Lipinski definition) is 9. The second-order valence-electron chi connectivity index (χ2n) is 14.6. The summed E-state index contributed by atoms with van der Waals surface area (Å²) in [4.78, 5) is 78.6. The molecule has 14 nitrogen and oxygen atoms in total. The van der Waals surface area contributed by atoms with Crippen molar-refractivity contribution < 1.29 is 33.4 Å². The minimum absolute atomic E-state index is 0.0299. The third-order valence-corrected chi connectivity index (χ3v) is 9.35. The lowest BCUT2D eigenvalue weighted by Crippen LogP contribution is -2.58. The maximum absolute atomic E-state index is 14.1. The van der Waals surface area contributed by atoms with E-state index in [4.69, 9.17) is 9.47 Å². The SMILES string of the molecule is COc1ccc(C[C@@H]2NC(=O)[C@@H](NC(=O)c3cnc(C)cn3)Cc3ccc(cc3)OC[C@H](CC(C)C)NC(=O)CN(CC3CC3)C(=O)[C@@H](C)NC2=O)cc1. The van der Waals surface area contributed by atoms with Crippen LogP contribution in [-0.2, 0) is 32.0 Å². The number of benzene rings is 2. The van der Waals surface area contributed by atoms with E-state index in [0.717, 1.165) is 18.4 Å². The largest absolute Gasteiger partial charge is 0.497 e. The van der Waals surface area contributed by atoms with E-state index in [1.807, 2.05) is 0 Å². The normalized spacial score (nSPS) is 21.8. The summed E-state index contributed by atoms with van der Waals surface area (Å²) >= 11 is 0. The summed E-state index contributed by atoms with van der Waals surface area (Å²) in [6, 6.07) is 10.6. The van der Waals surface area contributed by atoms with Crippen molar-refractivity contribution in [1.82, 2.24) is 36.1 Å². The van der Waals surface area contributed by atoms with Gasteiger partial charge in [0.1, 0.15) is 41.9 Å². The van der Waals surface area contributed by atoms with Crippen molar-refractivity contribution in [2.45, 2.75) is 84.0 Å². The third-order valence-electron chi connectivity index (χ3n) is 9.35. The quantitative estimate of drug-likeness (QED) is 0.240. The molecule has 3 aromatic rings. The number of aromatic nitrogens is 2. The molecule has 54 heavy (non-hydrogen) atoms. The number of rotatable bonds is 9. The molecular formula is C40H51N7O7. The molecule has 1 fully saturated rings. The topological polar surface area (TPSA) is 181 Å². The van der Waals surface area contributed by atoms with Crippen LogP contribution in [0.4, 0.5) is 0 Å². The van der Waals surface area contributed by atoms with Gasteiger partial charge in [0.15, 0.2) is 0 Å². The minimum Gasteiger partial charge on any atom is -0.497 e. The van der Waals surface area contributed by atoms with Gasteiger partial charge < -0.3 is 35.6 Å². The maximum atomic E-state index is 14.1. The minimum atomic E-state index is -1.14. The lowest BCUT2D eigenvalue weighted by molar-refractivity contribution is -0.140. The van der Waals surface area contributed by atoms with Crippen LogP contribution in [0.3, 0.4) is 0 Å². The first-order valence-corrected chi connectivity index (χ1v) is 18.5. The number of nitrogens with zero attached hydrogens (tertiary/aromatic N) is 3. The molecule has 288 valence electrons. The highest BCUT2D eigenvalue weighted by atomic mass is 16.5. The molecule has 4 N–H and O–H groups in total. The highest BCUT2D eigenvalue weighted by molar-refractivity contribution is 5.98. The molecule has 0 radical (unpaired) electrons. The van der Waals surface area contributed by atoms with Crippen molar-refractivity contribution in [2.24, 2.45) is 11.8 Å². The van der Waals surface area contributed by atoms with Crippen LogP contribution in [0.15, 0.2) is 60.9 Å². The molecular weight excluding hydrogens is 690 g/mol. The molecule has 2 bridgehead atoms. The Morgan fingerprint density at radius 2 is 1.69 bits per heavy atom. The van der Waals surface area contributed by atoms with E-state index >= 15 is 0 Å². The monoisotopic (exact) mass is 741 g/mol. The molecule has 1 aliphatic carbocycles. The first-order valence-electron chi connectivity index (χ1n) is 18.5. The van der Waals surface area contributed by atoms with Crippen molar-refractivity contribution in [3.8, 4) is 11.5 Å². The number of methoxy groups -OCH3 is 1. The number of amides is 5. The van der Waals surface area contributed by atoms with Gasteiger partial charge in [-0.3, -0.25) is 29.0 Å². The van der Waals surface area contributed by atoms with E-state index in [0.29, 0.717) is 35.7 Å². The molecule has 1 saturated carbocycles. The number of ether oxygens (including phenoxy) is 2. The average Bonchev–Trinajstić information content (AvgIpc) is 3.97. The predicted molar refractivity (Wildman–Crippen MR) is 201 cm³/mol. The van der Waals surface area contributed by atoms with Gasteiger partial charge in [-0.1, -0.05) is 38.1 Å². The van der Waals surface area contributed by atoms with E-state index in [-0.39, 0.29) is 55.5 Å². The fourth-order valence-corrected chi connectivity index (χ4v) is 6.26. The molecule has 0 unspecified atom stereocenters. The zero-order valence-corrected chi connectivity index (χ0v) is 31.6. The van der Waals surface area contributed by atoms with Crippen LogP contribution in [0.1, 0.15) is 67.3 Å². The number of hydrogen-bond donors (Lipinski definition) is 4. The van der Waals surface area contributed by atoms with Crippen LogP contribution in [0.5, 0.6) is 11.5 Å². The first kappa shape index (κ1) is 39.7. The number of fused-ring (bicyclic) bond motifs is 17. The highest BCUT2D eigenvalue weighted by Gasteiger charge is 2.34. The number of carbonyl (C=O) groups is 5. The molecule has 0 saturated heterocycles. The Bertz CT molecular complexity index is 1760. The zero-order valence-electron chi connectivity index (χ0n) is 31.6. The van der Waals surface area contributed by atoms with E-state index < -0.39 is 41.8 Å². The van der Waals surface area contributed by atoms with E-state index in [1.165, 1.54) is 17.3 Å². The summed E-state index contributed by atoms with van der Waals surface area (Å²) in [6.07, 6.45) is 5.51. The number of carbonyl (C=O) groups excluding carboxylic acids is 5. The van der Waals surface area contributed by atoms with Crippen LogP contribution in [-0.4, -0.2) is 95.4 Å². The molecule has 5 amide bonds. The van der Waals surface area contributed by atoms with Gasteiger partial charge in [0.25, 0.3) is 5.91 Å². The van der Waals surface area contributed by atoms with Crippen LogP contribution in [0.2, 0.25) is 0 Å². The summed E-state index contributed by atoms with van der Waals surface area (Å²) in [7, 11) is 1.55. The van der Waals surface area contributed by atoms with Crippen molar-refractivity contribution in [1.29, 1.82) is 0 Å². The fourth-order valence-electron chi connectivity index (χ4n) is 6.26. The van der Waals surface area contributed by atoms with Gasteiger partial charge in [-0.25, -0.2) is 4.98 Å². The first-order chi connectivity index (χ1) is 25.9. The van der Waals surface area contributed by atoms with Crippen LogP contribution >= 0.6 is 0 Å². The predicted octanol–water partition coefficient (Wildman–Crippen LogP) is 2.53. The molecule has 3 aliphatic rings. The van der Waals surface area contributed by atoms with Gasteiger partial charge in [0, 0.05) is 25.6 Å². The molecule has 4 atom stereocenters. The van der Waals surface area contributed by atoms with Gasteiger partial charge in [0.2, 0.25) is 23.6 Å². The Labute approximate surface area is 316 Å². The summed E-state index contributed by atoms with van der Waals surface area (Å²) in [5.41, 5.74) is 2.09. The molecule has 0 spiro atoms. The molecule has 3 heterocycles. The Balaban J connectivity index is 1.47. The number of nitrogens with one attached hydrogen (secondary N) is 4. The Kier molecular flexibility index (Phi) is 13.6. The standard InChI is InChI=1S/C40H51N7O7/c1-24(2)16-30-23-54-32-14-10-28(11-15-32)18-34(46-39(51)35-20-41-25(3)19-42-35)38(50)45-33(17-27-8-12-31(53-5)13-9-27)37(49)43-26(4)40(52)47(21-29-6-7-29)22-36(48)44-30/h8-15,19-20,24,26,29-30,33-34H,6-7,16-18,21-23H2,1-5H3,(H,43,49)(H,44,48)(H,45,50)(H,46,51)/t26-,30+,33+,34+/m1/s1. The van der Waals surface area contributed by atoms with E-state index in [1.54, 1.807) is 69.5 Å². The summed E-state index contributed by atoms with van der Waals surface area (Å²) in [5, 5.41) is 11.5. The second-order valence-corrected chi connectivity index (χ2v) is 14.6. The molecule has 14 heteroatoms. The molecule has 6 rings (SSSR count).